The monoisotopic (exact) mass is 637 g/mol. The second-order valence-corrected chi connectivity index (χ2v) is 12.9. The number of halogens is 1. The summed E-state index contributed by atoms with van der Waals surface area (Å²) in [6.45, 7) is 22.9. The first-order valence-electron chi connectivity index (χ1n) is 15.8. The summed E-state index contributed by atoms with van der Waals surface area (Å²) in [5.74, 6) is -0.973. The first-order valence-corrected chi connectivity index (χ1v) is 15.8. The van der Waals surface area contributed by atoms with E-state index >= 15 is 0 Å². The summed E-state index contributed by atoms with van der Waals surface area (Å²) < 4.78 is 31.3. The zero-order valence-corrected chi connectivity index (χ0v) is 28.8. The van der Waals surface area contributed by atoms with Crippen molar-refractivity contribution in [2.24, 2.45) is 0 Å². The van der Waals surface area contributed by atoms with Gasteiger partial charge in [-0.25, -0.2) is 9.37 Å². The molecule has 252 valence electrons. The maximum Gasteiger partial charge on any atom is 0.308 e. The normalized spacial score (nSPS) is 17.9. The number of hydrogen-bond donors (Lipinski definition) is 1. The third kappa shape index (κ3) is 13.3. The third-order valence-electron chi connectivity index (χ3n) is 6.74. The summed E-state index contributed by atoms with van der Waals surface area (Å²) in [4.78, 5) is 30.5. The van der Waals surface area contributed by atoms with Gasteiger partial charge in [0, 0.05) is 19.5 Å². The molecular weight excluding hydrogens is 585 g/mol. The van der Waals surface area contributed by atoms with Crippen LogP contribution in [-0.4, -0.2) is 45.0 Å². The Morgan fingerprint density at radius 2 is 1.85 bits per heavy atom. The second-order valence-electron chi connectivity index (χ2n) is 12.9. The third-order valence-corrected chi connectivity index (χ3v) is 6.74. The van der Waals surface area contributed by atoms with Crippen LogP contribution >= 0.6 is 0 Å². The molecule has 1 amide bonds. The van der Waals surface area contributed by atoms with Crippen LogP contribution in [0.3, 0.4) is 0 Å². The minimum absolute atomic E-state index is 0.0582. The van der Waals surface area contributed by atoms with Crippen molar-refractivity contribution < 1.29 is 28.2 Å². The topological polar surface area (TPSA) is 91.7 Å². The van der Waals surface area contributed by atoms with Crippen molar-refractivity contribution in [2.45, 2.75) is 117 Å². The predicted octanol–water partition coefficient (Wildman–Crippen LogP) is 8.21. The van der Waals surface area contributed by atoms with Gasteiger partial charge < -0.3 is 24.1 Å². The van der Waals surface area contributed by atoms with Crippen LogP contribution in [0.25, 0.3) is 6.08 Å². The molecule has 1 saturated heterocycles. The molecule has 9 heteroatoms. The summed E-state index contributed by atoms with van der Waals surface area (Å²) in [5.41, 5.74) is 1.76. The van der Waals surface area contributed by atoms with Crippen LogP contribution in [0.4, 0.5) is 4.39 Å². The number of carbonyl (C=O) groups excluding carboxylic acids is 2. The van der Waals surface area contributed by atoms with E-state index in [0.29, 0.717) is 37.4 Å². The van der Waals surface area contributed by atoms with E-state index in [2.05, 4.69) is 36.9 Å². The standard InChI is InChI=1S/C32H45N3O5.C5H7F/c1-9-10-16-26-34-28(30(37)33-21-23-14-12-11-13-15-23)29(22(2)3)35(26)18-17-24-19-25(39-32(7,8)38-24)20-27(36)40-31(4,5)6;1-3-4-5(2)6/h9-16,22,24-25H,1,17-21H2,2-8H3,(H,33,37);3-4H,2H2,1H3/b16-10+;4-3-. The quantitative estimate of drug-likeness (QED) is 0.186. The van der Waals surface area contributed by atoms with Gasteiger partial charge in [0.05, 0.1) is 24.3 Å². The molecule has 1 fully saturated rings. The number of carbonyl (C=O) groups is 2. The minimum Gasteiger partial charge on any atom is -0.460 e. The smallest absolute Gasteiger partial charge is 0.308 e. The fourth-order valence-corrected chi connectivity index (χ4v) is 5.16. The van der Waals surface area contributed by atoms with Gasteiger partial charge in [-0.15, -0.1) is 0 Å². The minimum atomic E-state index is -0.834. The van der Waals surface area contributed by atoms with Crippen LogP contribution in [-0.2, 0) is 32.1 Å². The molecule has 8 nitrogen and oxygen atoms in total. The Bertz CT molecular complexity index is 1370. The van der Waals surface area contributed by atoms with Gasteiger partial charge in [0.1, 0.15) is 22.9 Å². The van der Waals surface area contributed by atoms with E-state index in [0.717, 1.165) is 11.3 Å². The lowest BCUT2D eigenvalue weighted by Gasteiger charge is -2.41. The summed E-state index contributed by atoms with van der Waals surface area (Å²) >= 11 is 0. The van der Waals surface area contributed by atoms with E-state index in [9.17, 15) is 14.0 Å². The van der Waals surface area contributed by atoms with Crippen LogP contribution in [0.15, 0.2) is 73.6 Å². The lowest BCUT2D eigenvalue weighted by Crippen LogP contribution is -2.46. The van der Waals surface area contributed by atoms with Crippen molar-refractivity contribution in [3.63, 3.8) is 0 Å². The van der Waals surface area contributed by atoms with Crippen molar-refractivity contribution >= 4 is 18.0 Å². The number of nitrogens with zero attached hydrogens (tertiary/aromatic N) is 2. The van der Waals surface area contributed by atoms with E-state index in [4.69, 9.17) is 19.2 Å². The van der Waals surface area contributed by atoms with Crippen LogP contribution < -0.4 is 5.32 Å². The van der Waals surface area contributed by atoms with Crippen molar-refractivity contribution in [1.29, 1.82) is 0 Å². The number of esters is 1. The second kappa shape index (κ2) is 17.8. The van der Waals surface area contributed by atoms with Gasteiger partial charge in [0.25, 0.3) is 5.91 Å². The van der Waals surface area contributed by atoms with Gasteiger partial charge >= 0.3 is 5.97 Å². The maximum atomic E-state index is 13.3. The summed E-state index contributed by atoms with van der Waals surface area (Å²) in [7, 11) is 0. The number of nitrogens with one attached hydrogen (secondary N) is 1. The number of benzene rings is 1. The Balaban J connectivity index is 0.00000112. The molecule has 0 spiro atoms. The highest BCUT2D eigenvalue weighted by Gasteiger charge is 2.37. The Morgan fingerprint density at radius 3 is 2.39 bits per heavy atom. The predicted molar refractivity (Wildman–Crippen MR) is 182 cm³/mol. The molecule has 2 atom stereocenters. The highest BCUT2D eigenvalue weighted by atomic mass is 19.1. The molecule has 46 heavy (non-hydrogen) atoms. The zero-order valence-electron chi connectivity index (χ0n) is 28.8. The van der Waals surface area contributed by atoms with Crippen molar-refractivity contribution in [3.05, 3.63) is 96.4 Å². The molecule has 1 aromatic carbocycles. The van der Waals surface area contributed by atoms with Crippen molar-refractivity contribution in [2.75, 3.05) is 0 Å². The SMILES string of the molecule is C=C(F)/C=C\C.C=C/C=C/c1nc(C(=O)NCc2ccccc2)c(C(C)C)n1CCC1CC(CC(=O)OC(C)(C)C)OC(C)(C)O1. The van der Waals surface area contributed by atoms with E-state index in [1.165, 1.54) is 6.08 Å². The number of ether oxygens (including phenoxy) is 3. The lowest BCUT2D eigenvalue weighted by molar-refractivity contribution is -0.301. The molecule has 1 aliphatic rings. The van der Waals surface area contributed by atoms with Gasteiger partial charge in [-0.05, 0) is 71.6 Å². The van der Waals surface area contributed by atoms with Gasteiger partial charge in [-0.3, -0.25) is 9.59 Å². The molecule has 2 heterocycles. The van der Waals surface area contributed by atoms with Gasteiger partial charge in [-0.2, -0.15) is 0 Å². The molecule has 2 aromatic rings. The van der Waals surface area contributed by atoms with E-state index in [-0.39, 0.29) is 36.4 Å². The molecule has 2 unspecified atom stereocenters. The van der Waals surface area contributed by atoms with Crippen molar-refractivity contribution in [1.82, 2.24) is 14.9 Å². The Labute approximate surface area is 274 Å². The average molecular weight is 638 g/mol. The number of rotatable bonds is 12. The largest absolute Gasteiger partial charge is 0.460 e. The van der Waals surface area contributed by atoms with Gasteiger partial charge in [-0.1, -0.05) is 75.6 Å². The van der Waals surface area contributed by atoms with Crippen LogP contribution in [0, 0.1) is 0 Å². The average Bonchev–Trinajstić information content (AvgIpc) is 3.31. The van der Waals surface area contributed by atoms with Gasteiger partial charge in [0.2, 0.25) is 0 Å². The highest BCUT2D eigenvalue weighted by molar-refractivity contribution is 5.94. The molecule has 1 aliphatic heterocycles. The number of hydrogen-bond acceptors (Lipinski definition) is 6. The Morgan fingerprint density at radius 1 is 1.20 bits per heavy atom. The molecule has 3 rings (SSSR count). The first kappa shape index (κ1) is 38.4. The molecular formula is C37H52FN3O5. The molecule has 1 aromatic heterocycles. The Hall–Kier alpha value is -3.82. The summed E-state index contributed by atoms with van der Waals surface area (Å²) in [5, 5.41) is 3.02. The van der Waals surface area contributed by atoms with Crippen LogP contribution in [0.5, 0.6) is 0 Å². The van der Waals surface area contributed by atoms with E-state index in [1.807, 2.05) is 77.1 Å². The van der Waals surface area contributed by atoms with E-state index < -0.39 is 17.2 Å². The first-order chi connectivity index (χ1) is 21.5. The summed E-state index contributed by atoms with van der Waals surface area (Å²) in [6.07, 6.45) is 9.22. The molecule has 0 aliphatic carbocycles. The van der Waals surface area contributed by atoms with Crippen LogP contribution in [0.1, 0.15) is 108 Å². The van der Waals surface area contributed by atoms with Crippen LogP contribution in [0.2, 0.25) is 0 Å². The molecule has 0 bridgehead atoms. The molecule has 0 radical (unpaired) electrons. The number of amides is 1. The maximum absolute atomic E-state index is 13.3. The number of imidazole rings is 1. The Kier molecular flexibility index (Phi) is 14.8. The van der Waals surface area contributed by atoms with Gasteiger partial charge in [0.15, 0.2) is 5.79 Å². The zero-order chi connectivity index (χ0) is 34.5. The molecule has 1 N–H and O–H groups in total. The highest BCUT2D eigenvalue weighted by Crippen LogP contribution is 2.32. The van der Waals surface area contributed by atoms with E-state index in [1.54, 1.807) is 19.1 Å². The number of aromatic nitrogens is 2. The molecule has 0 saturated carbocycles. The van der Waals surface area contributed by atoms with Crippen molar-refractivity contribution in [3.8, 4) is 0 Å². The summed E-state index contributed by atoms with van der Waals surface area (Å²) in [6, 6.07) is 9.81. The number of allylic oxidation sites excluding steroid dienone is 5. The fraction of sp³-hybridized carbons (Fsp3) is 0.486. The lowest BCUT2D eigenvalue weighted by atomic mass is 10.0. The fourth-order valence-electron chi connectivity index (χ4n) is 5.16.